The number of rotatable bonds is 6. The van der Waals surface area contributed by atoms with Crippen molar-refractivity contribution in [2.75, 3.05) is 24.5 Å². The summed E-state index contributed by atoms with van der Waals surface area (Å²) >= 11 is 0. The van der Waals surface area contributed by atoms with Crippen molar-refractivity contribution in [3.05, 3.63) is 66.2 Å². The van der Waals surface area contributed by atoms with Crippen molar-refractivity contribution in [2.45, 2.75) is 25.7 Å². The molecule has 0 aromatic heterocycles. The number of anilines is 1. The average molecular weight is 322 g/mol. The Morgan fingerprint density at radius 2 is 1.79 bits per heavy atom. The average Bonchev–Trinajstić information content (AvgIpc) is 3.11. The van der Waals surface area contributed by atoms with E-state index in [1.54, 1.807) is 0 Å². The van der Waals surface area contributed by atoms with Gasteiger partial charge in [0, 0.05) is 25.3 Å². The molecule has 2 atom stereocenters. The van der Waals surface area contributed by atoms with Gasteiger partial charge in [-0.3, -0.25) is 4.79 Å². The van der Waals surface area contributed by atoms with Crippen LogP contribution in [-0.4, -0.2) is 25.5 Å². The summed E-state index contributed by atoms with van der Waals surface area (Å²) in [6.07, 6.45) is 1.97. The third-order valence-electron chi connectivity index (χ3n) is 4.90. The summed E-state index contributed by atoms with van der Waals surface area (Å²) in [5.74, 6) is 0.641. The van der Waals surface area contributed by atoms with Crippen molar-refractivity contribution in [2.24, 2.45) is 5.92 Å². The predicted molar refractivity (Wildman–Crippen MR) is 99.2 cm³/mol. The maximum absolute atomic E-state index is 12.6. The molecule has 2 aromatic carbocycles. The molecule has 3 nitrogen and oxygen atoms in total. The summed E-state index contributed by atoms with van der Waals surface area (Å²) < 4.78 is 0. The van der Waals surface area contributed by atoms with Crippen LogP contribution >= 0.6 is 0 Å². The molecule has 1 aliphatic heterocycles. The highest BCUT2D eigenvalue weighted by atomic mass is 16.1. The minimum atomic E-state index is -0.0437. The first-order valence-electron chi connectivity index (χ1n) is 8.90. The fourth-order valence-corrected chi connectivity index (χ4v) is 3.50. The lowest BCUT2D eigenvalue weighted by Crippen LogP contribution is -2.34. The van der Waals surface area contributed by atoms with Gasteiger partial charge in [-0.15, -0.1) is 0 Å². The molecule has 0 radical (unpaired) electrons. The van der Waals surface area contributed by atoms with E-state index in [0.29, 0.717) is 5.92 Å². The zero-order valence-corrected chi connectivity index (χ0v) is 14.3. The summed E-state index contributed by atoms with van der Waals surface area (Å²) in [4.78, 5) is 15.0. The zero-order chi connectivity index (χ0) is 16.8. The maximum Gasteiger partial charge on any atom is 0.227 e. The van der Waals surface area contributed by atoms with Gasteiger partial charge in [0.1, 0.15) is 0 Å². The molecule has 1 aliphatic rings. The molecule has 1 heterocycles. The van der Waals surface area contributed by atoms with Gasteiger partial charge in [-0.25, -0.2) is 0 Å². The van der Waals surface area contributed by atoms with Crippen LogP contribution in [0.5, 0.6) is 0 Å². The minimum Gasteiger partial charge on any atom is -0.371 e. The first kappa shape index (κ1) is 16.6. The van der Waals surface area contributed by atoms with Crippen LogP contribution in [-0.2, 0) is 4.79 Å². The highest BCUT2D eigenvalue weighted by molar-refractivity contribution is 5.83. The number of amides is 1. The van der Waals surface area contributed by atoms with Crippen molar-refractivity contribution < 1.29 is 4.79 Å². The van der Waals surface area contributed by atoms with Crippen molar-refractivity contribution in [1.29, 1.82) is 0 Å². The van der Waals surface area contributed by atoms with E-state index in [1.165, 1.54) is 5.69 Å². The summed E-state index contributed by atoms with van der Waals surface area (Å²) in [6, 6.07) is 20.6. The summed E-state index contributed by atoms with van der Waals surface area (Å²) in [6.45, 7) is 4.93. The minimum absolute atomic E-state index is 0.0437. The van der Waals surface area contributed by atoms with Crippen molar-refractivity contribution >= 4 is 11.6 Å². The Labute approximate surface area is 144 Å². The van der Waals surface area contributed by atoms with Crippen LogP contribution in [0.1, 0.15) is 31.2 Å². The molecular weight excluding hydrogens is 296 g/mol. The largest absolute Gasteiger partial charge is 0.371 e. The van der Waals surface area contributed by atoms with Gasteiger partial charge in [-0.05, 0) is 36.5 Å². The van der Waals surface area contributed by atoms with E-state index in [9.17, 15) is 4.79 Å². The first-order valence-corrected chi connectivity index (χ1v) is 8.90. The molecule has 1 N–H and O–H groups in total. The number of carbonyl (C=O) groups excluding carboxylic acids is 1. The van der Waals surface area contributed by atoms with Crippen LogP contribution in [0.25, 0.3) is 0 Å². The molecule has 0 bridgehead atoms. The van der Waals surface area contributed by atoms with Gasteiger partial charge in [0.05, 0.1) is 5.92 Å². The quantitative estimate of drug-likeness (QED) is 0.877. The molecule has 2 aromatic rings. The van der Waals surface area contributed by atoms with E-state index in [4.69, 9.17) is 0 Å². The van der Waals surface area contributed by atoms with E-state index in [1.807, 2.05) is 36.4 Å². The number of para-hydroxylation sites is 1. The van der Waals surface area contributed by atoms with Crippen LogP contribution < -0.4 is 10.2 Å². The SMILES string of the molecule is CC[C@@H](C(=O)NC[C@H]1CCN(c2ccccc2)C1)c1ccccc1. The molecule has 1 amide bonds. The molecule has 0 unspecified atom stereocenters. The van der Waals surface area contributed by atoms with Gasteiger partial charge in [-0.1, -0.05) is 55.5 Å². The topological polar surface area (TPSA) is 32.3 Å². The van der Waals surface area contributed by atoms with E-state index in [0.717, 1.165) is 38.0 Å². The molecule has 24 heavy (non-hydrogen) atoms. The molecule has 0 spiro atoms. The number of benzene rings is 2. The highest BCUT2D eigenvalue weighted by Crippen LogP contribution is 2.24. The van der Waals surface area contributed by atoms with Crippen LogP contribution in [0.3, 0.4) is 0 Å². The molecule has 1 fully saturated rings. The fraction of sp³-hybridized carbons (Fsp3) is 0.381. The van der Waals surface area contributed by atoms with Crippen LogP contribution in [0.4, 0.5) is 5.69 Å². The van der Waals surface area contributed by atoms with Gasteiger partial charge in [-0.2, -0.15) is 0 Å². The summed E-state index contributed by atoms with van der Waals surface area (Å²) in [5, 5.41) is 3.18. The van der Waals surface area contributed by atoms with Gasteiger partial charge in [0.15, 0.2) is 0 Å². The number of hydrogen-bond acceptors (Lipinski definition) is 2. The van der Waals surface area contributed by atoms with E-state index < -0.39 is 0 Å². The predicted octanol–water partition coefficient (Wildman–Crippen LogP) is 3.82. The van der Waals surface area contributed by atoms with Crippen molar-refractivity contribution in [3.8, 4) is 0 Å². The van der Waals surface area contributed by atoms with Crippen LogP contribution in [0.2, 0.25) is 0 Å². The third-order valence-corrected chi connectivity index (χ3v) is 4.90. The monoisotopic (exact) mass is 322 g/mol. The molecule has 3 heteroatoms. The van der Waals surface area contributed by atoms with E-state index in [2.05, 4.69) is 41.4 Å². The molecule has 0 aliphatic carbocycles. The number of nitrogens with zero attached hydrogens (tertiary/aromatic N) is 1. The maximum atomic E-state index is 12.6. The van der Waals surface area contributed by atoms with Crippen molar-refractivity contribution in [3.63, 3.8) is 0 Å². The Kier molecular flexibility index (Phi) is 5.52. The standard InChI is InChI=1S/C21H26N2O/c1-2-20(18-9-5-3-6-10-18)21(24)22-15-17-13-14-23(16-17)19-11-7-4-8-12-19/h3-12,17,20H,2,13-16H2,1H3,(H,22,24)/t17-,20-/m1/s1. The Balaban J connectivity index is 1.52. The Morgan fingerprint density at radius 3 is 2.46 bits per heavy atom. The number of nitrogens with one attached hydrogen (secondary N) is 1. The lowest BCUT2D eigenvalue weighted by Gasteiger charge is -2.20. The second-order valence-electron chi connectivity index (χ2n) is 6.55. The van der Waals surface area contributed by atoms with Crippen LogP contribution in [0, 0.1) is 5.92 Å². The van der Waals surface area contributed by atoms with Gasteiger partial charge < -0.3 is 10.2 Å². The Bertz CT molecular complexity index is 641. The molecule has 0 saturated carbocycles. The van der Waals surface area contributed by atoms with Gasteiger partial charge in [0.25, 0.3) is 0 Å². The smallest absolute Gasteiger partial charge is 0.227 e. The van der Waals surface area contributed by atoms with Gasteiger partial charge in [0.2, 0.25) is 5.91 Å². The first-order chi connectivity index (χ1) is 11.8. The van der Waals surface area contributed by atoms with E-state index >= 15 is 0 Å². The molecular formula is C21H26N2O. The Morgan fingerprint density at radius 1 is 1.12 bits per heavy atom. The molecule has 1 saturated heterocycles. The second kappa shape index (κ2) is 8.00. The van der Waals surface area contributed by atoms with Gasteiger partial charge >= 0.3 is 0 Å². The molecule has 3 rings (SSSR count). The normalized spacial score (nSPS) is 18.4. The zero-order valence-electron chi connectivity index (χ0n) is 14.3. The Hall–Kier alpha value is -2.29. The second-order valence-corrected chi connectivity index (χ2v) is 6.55. The lowest BCUT2D eigenvalue weighted by atomic mass is 9.95. The van der Waals surface area contributed by atoms with E-state index in [-0.39, 0.29) is 11.8 Å². The highest BCUT2D eigenvalue weighted by Gasteiger charge is 2.24. The summed E-state index contributed by atoms with van der Waals surface area (Å²) in [5.41, 5.74) is 2.39. The fourth-order valence-electron chi connectivity index (χ4n) is 3.50. The summed E-state index contributed by atoms with van der Waals surface area (Å²) in [7, 11) is 0. The number of hydrogen-bond donors (Lipinski definition) is 1. The third kappa shape index (κ3) is 3.97. The number of carbonyl (C=O) groups is 1. The lowest BCUT2D eigenvalue weighted by molar-refractivity contribution is -0.122. The molecule has 126 valence electrons. The van der Waals surface area contributed by atoms with Crippen LogP contribution in [0.15, 0.2) is 60.7 Å². The van der Waals surface area contributed by atoms with Crippen molar-refractivity contribution in [1.82, 2.24) is 5.32 Å².